The Morgan fingerprint density at radius 1 is 1.48 bits per heavy atom. The van der Waals surface area contributed by atoms with Crippen LogP contribution < -0.4 is 10.6 Å². The summed E-state index contributed by atoms with van der Waals surface area (Å²) in [6, 6.07) is 5.03. The number of nitrogen functional groups attached to an aromatic ring is 1. The summed E-state index contributed by atoms with van der Waals surface area (Å²) < 4.78 is 19.9. The number of nitrogens with zero attached hydrogens (tertiary/aromatic N) is 2. The molecule has 2 N–H and O–H groups in total. The van der Waals surface area contributed by atoms with Crippen LogP contribution in [0.3, 0.4) is 0 Å². The second-order valence-corrected chi connectivity index (χ2v) is 5.64. The van der Waals surface area contributed by atoms with E-state index in [2.05, 4.69) is 4.98 Å². The number of fused-ring (bicyclic) bond motifs is 1. The summed E-state index contributed by atoms with van der Waals surface area (Å²) in [6.07, 6.45) is 4.20. The van der Waals surface area contributed by atoms with Crippen molar-refractivity contribution in [3.63, 3.8) is 0 Å². The van der Waals surface area contributed by atoms with E-state index in [0.717, 1.165) is 17.9 Å². The fourth-order valence-corrected chi connectivity index (χ4v) is 2.43. The molecule has 0 amide bonds. The maximum absolute atomic E-state index is 14.3. The number of benzene rings is 1. The molecule has 1 fully saturated rings. The van der Waals surface area contributed by atoms with Crippen LogP contribution in [0, 0.1) is 11.7 Å². The molecule has 1 aromatic carbocycles. The smallest absolute Gasteiger partial charge is 0.150 e. The van der Waals surface area contributed by atoms with E-state index in [1.54, 1.807) is 12.3 Å². The zero-order valence-corrected chi connectivity index (χ0v) is 12.2. The number of likely N-dealkylation sites (N-methyl/N-ethyl adjacent to an activating group) is 1. The van der Waals surface area contributed by atoms with Gasteiger partial charge in [0.2, 0.25) is 0 Å². The molecule has 4 nitrogen and oxygen atoms in total. The zero-order chi connectivity index (χ0) is 14.8. The Morgan fingerprint density at radius 2 is 2.29 bits per heavy atom. The highest BCUT2D eigenvalue weighted by molar-refractivity contribution is 5.98. The number of pyridine rings is 1. The fourth-order valence-electron chi connectivity index (χ4n) is 2.43. The molecular formula is C16H20FN3O. The molecule has 0 unspecified atom stereocenters. The normalized spacial score (nSPS) is 14.6. The van der Waals surface area contributed by atoms with Crippen molar-refractivity contribution in [3.8, 4) is 0 Å². The average Bonchev–Trinajstić information content (AvgIpc) is 3.28. The lowest BCUT2D eigenvalue weighted by Crippen LogP contribution is -2.24. The van der Waals surface area contributed by atoms with Crippen molar-refractivity contribution in [3.05, 3.63) is 30.2 Å². The topological polar surface area (TPSA) is 51.4 Å². The van der Waals surface area contributed by atoms with Crippen molar-refractivity contribution >= 4 is 22.3 Å². The quantitative estimate of drug-likeness (QED) is 0.656. The molecule has 0 atom stereocenters. The van der Waals surface area contributed by atoms with Crippen molar-refractivity contribution in [1.82, 2.24) is 4.98 Å². The SMILES string of the molecule is CN(CCOCC1CC1)c1c(F)cc(N)c2cccnc12. The molecule has 1 saturated carbocycles. The van der Waals surface area contributed by atoms with Crippen LogP contribution in [0.2, 0.25) is 0 Å². The predicted molar refractivity (Wildman–Crippen MR) is 82.9 cm³/mol. The van der Waals surface area contributed by atoms with Gasteiger partial charge in [-0.3, -0.25) is 4.98 Å². The van der Waals surface area contributed by atoms with E-state index in [1.807, 2.05) is 18.0 Å². The Balaban J connectivity index is 1.77. The Labute approximate surface area is 123 Å². The summed E-state index contributed by atoms with van der Waals surface area (Å²) in [5, 5.41) is 0.777. The molecule has 0 bridgehead atoms. The van der Waals surface area contributed by atoms with Crippen molar-refractivity contribution in [2.75, 3.05) is 37.4 Å². The number of anilines is 2. The summed E-state index contributed by atoms with van der Waals surface area (Å²) in [4.78, 5) is 6.13. The second kappa shape index (κ2) is 5.85. The van der Waals surface area contributed by atoms with Gasteiger partial charge < -0.3 is 15.4 Å². The van der Waals surface area contributed by atoms with E-state index in [4.69, 9.17) is 10.5 Å². The Morgan fingerprint density at radius 3 is 3.05 bits per heavy atom. The fraction of sp³-hybridized carbons (Fsp3) is 0.438. The van der Waals surface area contributed by atoms with Crippen molar-refractivity contribution < 1.29 is 9.13 Å². The minimum absolute atomic E-state index is 0.344. The van der Waals surface area contributed by atoms with Crippen LogP contribution >= 0.6 is 0 Å². The van der Waals surface area contributed by atoms with Gasteiger partial charge in [-0.15, -0.1) is 0 Å². The van der Waals surface area contributed by atoms with Gasteiger partial charge in [0.1, 0.15) is 0 Å². The summed E-state index contributed by atoms with van der Waals surface area (Å²) in [7, 11) is 1.85. The lowest BCUT2D eigenvalue weighted by Gasteiger charge is -2.21. The Hall–Kier alpha value is -1.88. The van der Waals surface area contributed by atoms with E-state index >= 15 is 0 Å². The molecule has 2 aromatic rings. The van der Waals surface area contributed by atoms with E-state index in [0.29, 0.717) is 30.0 Å². The van der Waals surface area contributed by atoms with Gasteiger partial charge in [0.05, 0.1) is 17.8 Å². The van der Waals surface area contributed by atoms with E-state index in [1.165, 1.54) is 18.9 Å². The maximum atomic E-state index is 14.3. The summed E-state index contributed by atoms with van der Waals surface area (Å²) >= 11 is 0. The van der Waals surface area contributed by atoms with Gasteiger partial charge in [0, 0.05) is 37.5 Å². The third-order valence-corrected chi connectivity index (χ3v) is 3.85. The van der Waals surface area contributed by atoms with Crippen molar-refractivity contribution in [1.29, 1.82) is 0 Å². The lowest BCUT2D eigenvalue weighted by atomic mass is 10.1. The first kappa shape index (κ1) is 14.1. The number of rotatable bonds is 6. The molecule has 3 rings (SSSR count). The zero-order valence-electron chi connectivity index (χ0n) is 12.2. The van der Waals surface area contributed by atoms with Crippen LogP contribution in [0.5, 0.6) is 0 Å². The number of nitrogens with two attached hydrogens (primary N) is 1. The lowest BCUT2D eigenvalue weighted by molar-refractivity contribution is 0.131. The van der Waals surface area contributed by atoms with E-state index in [9.17, 15) is 4.39 Å². The molecule has 0 aliphatic heterocycles. The predicted octanol–water partition coefficient (Wildman–Crippen LogP) is 2.82. The van der Waals surface area contributed by atoms with Crippen molar-refractivity contribution in [2.45, 2.75) is 12.8 Å². The minimum Gasteiger partial charge on any atom is -0.398 e. The highest BCUT2D eigenvalue weighted by atomic mass is 19.1. The second-order valence-electron chi connectivity index (χ2n) is 5.64. The molecule has 0 radical (unpaired) electrons. The number of halogens is 1. The van der Waals surface area contributed by atoms with Crippen LogP contribution in [0.4, 0.5) is 15.8 Å². The van der Waals surface area contributed by atoms with E-state index < -0.39 is 0 Å². The average molecular weight is 289 g/mol. The molecule has 1 aliphatic rings. The third kappa shape index (κ3) is 3.08. The van der Waals surface area contributed by atoms with Gasteiger partial charge in [-0.25, -0.2) is 4.39 Å². The van der Waals surface area contributed by atoms with Crippen LogP contribution in [-0.4, -0.2) is 31.8 Å². The monoisotopic (exact) mass is 289 g/mol. The van der Waals surface area contributed by atoms with Crippen LogP contribution in [-0.2, 0) is 4.74 Å². The first-order chi connectivity index (χ1) is 10.2. The molecule has 5 heteroatoms. The number of hydrogen-bond acceptors (Lipinski definition) is 4. The third-order valence-electron chi connectivity index (χ3n) is 3.85. The standard InChI is InChI=1S/C16H20FN3O/c1-20(7-8-21-10-11-4-5-11)16-13(17)9-14(18)12-3-2-6-19-15(12)16/h2-3,6,9,11H,4-5,7-8,10,18H2,1H3. The molecule has 0 saturated heterocycles. The highest BCUT2D eigenvalue weighted by Crippen LogP contribution is 2.32. The molecule has 21 heavy (non-hydrogen) atoms. The molecule has 0 spiro atoms. The van der Waals surface area contributed by atoms with E-state index in [-0.39, 0.29) is 5.82 Å². The van der Waals surface area contributed by atoms with Gasteiger partial charge in [-0.2, -0.15) is 0 Å². The number of aromatic nitrogens is 1. The van der Waals surface area contributed by atoms with Crippen LogP contribution in [0.25, 0.3) is 10.9 Å². The molecule has 112 valence electrons. The van der Waals surface area contributed by atoms with Gasteiger partial charge in [0.25, 0.3) is 0 Å². The first-order valence-corrected chi connectivity index (χ1v) is 7.28. The van der Waals surface area contributed by atoms with Crippen molar-refractivity contribution in [2.24, 2.45) is 5.92 Å². The van der Waals surface area contributed by atoms with Gasteiger partial charge in [-0.05, 0) is 37.0 Å². The van der Waals surface area contributed by atoms with Crippen LogP contribution in [0.1, 0.15) is 12.8 Å². The molecular weight excluding hydrogens is 269 g/mol. The summed E-state index contributed by atoms with van der Waals surface area (Å²) in [6.45, 7) is 2.03. The van der Waals surface area contributed by atoms with Crippen LogP contribution in [0.15, 0.2) is 24.4 Å². The van der Waals surface area contributed by atoms with Gasteiger partial charge in [0.15, 0.2) is 5.82 Å². The highest BCUT2D eigenvalue weighted by Gasteiger charge is 2.21. The summed E-state index contributed by atoms with van der Waals surface area (Å²) in [5.41, 5.74) is 7.36. The molecule has 1 aliphatic carbocycles. The molecule has 1 aromatic heterocycles. The maximum Gasteiger partial charge on any atom is 0.150 e. The van der Waals surface area contributed by atoms with Gasteiger partial charge >= 0.3 is 0 Å². The van der Waals surface area contributed by atoms with Gasteiger partial charge in [-0.1, -0.05) is 0 Å². The Kier molecular flexibility index (Phi) is 3.92. The minimum atomic E-state index is -0.344. The Bertz CT molecular complexity index is 643. The summed E-state index contributed by atoms with van der Waals surface area (Å²) in [5.74, 6) is 0.398. The number of ether oxygens (including phenoxy) is 1. The number of hydrogen-bond donors (Lipinski definition) is 1. The first-order valence-electron chi connectivity index (χ1n) is 7.28. The molecule has 1 heterocycles. The largest absolute Gasteiger partial charge is 0.398 e.